The molecule has 1 heterocycles. The van der Waals surface area contributed by atoms with Gasteiger partial charge in [-0.05, 0) is 25.6 Å². The highest BCUT2D eigenvalue weighted by molar-refractivity contribution is 5.51. The molecule has 3 nitrogen and oxygen atoms in total. The van der Waals surface area contributed by atoms with Gasteiger partial charge < -0.3 is 10.6 Å². The van der Waals surface area contributed by atoms with Crippen molar-refractivity contribution in [2.75, 3.05) is 31.1 Å². The molecule has 2 rings (SSSR count). The van der Waals surface area contributed by atoms with Crippen LogP contribution >= 0.6 is 0 Å². The van der Waals surface area contributed by atoms with Crippen LogP contribution in [-0.4, -0.2) is 37.1 Å². The minimum atomic E-state index is -0.809. The minimum Gasteiger partial charge on any atom is -0.367 e. The Labute approximate surface area is 119 Å². The first-order valence-electron chi connectivity index (χ1n) is 7.28. The molecule has 1 aliphatic heterocycles. The molecule has 0 spiro atoms. The lowest BCUT2D eigenvalue weighted by Gasteiger charge is -2.27. The second-order valence-electron chi connectivity index (χ2n) is 5.19. The van der Waals surface area contributed by atoms with E-state index in [2.05, 4.69) is 18.7 Å². The number of likely N-dealkylation sites (N-methyl/N-ethyl adjacent to an activating group) is 1. The quantitative estimate of drug-likeness (QED) is 0.900. The van der Waals surface area contributed by atoms with Gasteiger partial charge in [-0.15, -0.1) is 0 Å². The molecule has 5 heteroatoms. The monoisotopic (exact) mass is 283 g/mol. The summed E-state index contributed by atoms with van der Waals surface area (Å²) in [6, 6.07) is 3.64. The molecule has 20 heavy (non-hydrogen) atoms. The van der Waals surface area contributed by atoms with Crippen LogP contribution in [0.1, 0.15) is 25.8 Å². The van der Waals surface area contributed by atoms with Gasteiger partial charge in [-0.2, -0.15) is 0 Å². The number of hydrogen-bond acceptors (Lipinski definition) is 3. The number of anilines is 1. The number of benzene rings is 1. The van der Waals surface area contributed by atoms with E-state index in [4.69, 9.17) is 5.73 Å². The molecule has 0 radical (unpaired) electrons. The SMILES string of the molecule is CCN(CC)C1CCN(c2ccc(CN)c(F)c2F)C1. The van der Waals surface area contributed by atoms with Gasteiger partial charge in [0.1, 0.15) is 0 Å². The minimum absolute atomic E-state index is 0.0190. The topological polar surface area (TPSA) is 32.5 Å². The Morgan fingerprint density at radius 1 is 1.25 bits per heavy atom. The molecule has 0 amide bonds. The maximum absolute atomic E-state index is 14.1. The van der Waals surface area contributed by atoms with Crippen LogP contribution in [0.2, 0.25) is 0 Å². The van der Waals surface area contributed by atoms with Crippen LogP contribution in [0.15, 0.2) is 12.1 Å². The van der Waals surface area contributed by atoms with Crippen LogP contribution in [0.5, 0.6) is 0 Å². The maximum Gasteiger partial charge on any atom is 0.182 e. The van der Waals surface area contributed by atoms with E-state index < -0.39 is 11.6 Å². The van der Waals surface area contributed by atoms with Crippen LogP contribution < -0.4 is 10.6 Å². The summed E-state index contributed by atoms with van der Waals surface area (Å²) in [7, 11) is 0. The smallest absolute Gasteiger partial charge is 0.182 e. The van der Waals surface area contributed by atoms with Gasteiger partial charge in [0.15, 0.2) is 11.6 Å². The molecule has 0 saturated carbocycles. The predicted octanol–water partition coefficient (Wildman–Crippen LogP) is 2.34. The molecule has 1 aliphatic rings. The van der Waals surface area contributed by atoms with Crippen LogP contribution in [0, 0.1) is 11.6 Å². The van der Waals surface area contributed by atoms with Crippen molar-refractivity contribution in [3.63, 3.8) is 0 Å². The lowest BCUT2D eigenvalue weighted by molar-refractivity contribution is 0.232. The first-order chi connectivity index (χ1) is 9.62. The molecule has 1 aromatic carbocycles. The summed E-state index contributed by atoms with van der Waals surface area (Å²) in [5.74, 6) is -1.58. The van der Waals surface area contributed by atoms with Gasteiger partial charge in [0.05, 0.1) is 5.69 Å². The fraction of sp³-hybridized carbons (Fsp3) is 0.600. The lowest BCUT2D eigenvalue weighted by Crippen LogP contribution is -2.37. The highest BCUT2D eigenvalue weighted by atomic mass is 19.2. The Bertz CT molecular complexity index is 461. The third-order valence-corrected chi connectivity index (χ3v) is 4.19. The van der Waals surface area contributed by atoms with Crippen LogP contribution in [0.3, 0.4) is 0 Å². The third-order valence-electron chi connectivity index (χ3n) is 4.19. The number of nitrogens with two attached hydrogens (primary N) is 1. The average Bonchev–Trinajstić information content (AvgIpc) is 2.92. The largest absolute Gasteiger partial charge is 0.367 e. The molecular weight excluding hydrogens is 260 g/mol. The van der Waals surface area contributed by atoms with Crippen molar-refractivity contribution in [1.29, 1.82) is 0 Å². The summed E-state index contributed by atoms with van der Waals surface area (Å²) in [5, 5.41) is 0. The van der Waals surface area contributed by atoms with Gasteiger partial charge in [0.25, 0.3) is 0 Å². The number of halogens is 2. The van der Waals surface area contributed by atoms with Gasteiger partial charge in [0, 0.05) is 31.2 Å². The molecule has 112 valence electrons. The summed E-state index contributed by atoms with van der Waals surface area (Å²) in [5.41, 5.74) is 5.98. The molecule has 0 bridgehead atoms. The van der Waals surface area contributed by atoms with Crippen molar-refractivity contribution >= 4 is 5.69 Å². The average molecular weight is 283 g/mol. The van der Waals surface area contributed by atoms with Crippen molar-refractivity contribution in [3.8, 4) is 0 Å². The molecule has 1 atom stereocenters. The molecule has 1 unspecified atom stereocenters. The molecule has 1 saturated heterocycles. The van der Waals surface area contributed by atoms with E-state index in [0.29, 0.717) is 11.7 Å². The Kier molecular flexibility index (Phi) is 4.94. The fourth-order valence-electron chi connectivity index (χ4n) is 2.98. The summed E-state index contributed by atoms with van der Waals surface area (Å²) < 4.78 is 27.9. The summed E-state index contributed by atoms with van der Waals surface area (Å²) in [4.78, 5) is 4.30. The van der Waals surface area contributed by atoms with E-state index in [1.54, 1.807) is 12.1 Å². The van der Waals surface area contributed by atoms with Crippen molar-refractivity contribution < 1.29 is 8.78 Å². The predicted molar refractivity (Wildman–Crippen MR) is 77.8 cm³/mol. The molecule has 1 aromatic rings. The standard InChI is InChI=1S/C15H23F2N3/c1-3-19(4-2)12-7-8-20(10-12)13-6-5-11(9-18)14(16)15(13)17/h5-6,12H,3-4,7-10,18H2,1-2H3. The first kappa shape index (κ1) is 15.2. The van der Waals surface area contributed by atoms with Crippen LogP contribution in [-0.2, 0) is 6.54 Å². The number of rotatable bonds is 5. The zero-order valence-electron chi connectivity index (χ0n) is 12.2. The highest BCUT2D eigenvalue weighted by Crippen LogP contribution is 2.28. The van der Waals surface area contributed by atoms with Crippen molar-refractivity contribution in [2.24, 2.45) is 5.73 Å². The molecular formula is C15H23F2N3. The normalized spacial score (nSPS) is 19.1. The van der Waals surface area contributed by atoms with Crippen LogP contribution in [0.25, 0.3) is 0 Å². The Morgan fingerprint density at radius 3 is 2.55 bits per heavy atom. The van der Waals surface area contributed by atoms with Crippen molar-refractivity contribution in [2.45, 2.75) is 32.9 Å². The van der Waals surface area contributed by atoms with E-state index in [-0.39, 0.29) is 12.1 Å². The number of hydrogen-bond donors (Lipinski definition) is 1. The third kappa shape index (κ3) is 2.79. The Hall–Kier alpha value is -1.20. The van der Waals surface area contributed by atoms with E-state index in [0.717, 1.165) is 32.6 Å². The zero-order valence-corrected chi connectivity index (χ0v) is 12.2. The van der Waals surface area contributed by atoms with E-state index in [1.807, 2.05) is 4.90 Å². The molecule has 0 aliphatic carbocycles. The Balaban J connectivity index is 2.16. The van der Waals surface area contributed by atoms with Crippen molar-refractivity contribution in [3.05, 3.63) is 29.3 Å². The fourth-order valence-corrected chi connectivity index (χ4v) is 2.98. The zero-order chi connectivity index (χ0) is 14.7. The number of nitrogens with zero attached hydrogens (tertiary/aromatic N) is 2. The van der Waals surface area contributed by atoms with E-state index in [9.17, 15) is 8.78 Å². The summed E-state index contributed by atoms with van der Waals surface area (Å²) >= 11 is 0. The summed E-state index contributed by atoms with van der Waals surface area (Å²) in [6.45, 7) is 7.76. The Morgan fingerprint density at radius 2 is 1.95 bits per heavy atom. The van der Waals surface area contributed by atoms with E-state index >= 15 is 0 Å². The second kappa shape index (κ2) is 6.50. The van der Waals surface area contributed by atoms with Gasteiger partial charge in [-0.3, -0.25) is 4.90 Å². The maximum atomic E-state index is 14.1. The van der Waals surface area contributed by atoms with Gasteiger partial charge in [0.2, 0.25) is 0 Å². The van der Waals surface area contributed by atoms with Crippen molar-refractivity contribution in [1.82, 2.24) is 4.90 Å². The first-order valence-corrected chi connectivity index (χ1v) is 7.28. The summed E-state index contributed by atoms with van der Waals surface area (Å²) in [6.07, 6.45) is 0.987. The van der Waals surface area contributed by atoms with Gasteiger partial charge >= 0.3 is 0 Å². The lowest BCUT2D eigenvalue weighted by atomic mass is 10.1. The molecule has 0 aromatic heterocycles. The second-order valence-corrected chi connectivity index (χ2v) is 5.19. The van der Waals surface area contributed by atoms with Crippen LogP contribution in [0.4, 0.5) is 14.5 Å². The molecule has 2 N–H and O–H groups in total. The highest BCUT2D eigenvalue weighted by Gasteiger charge is 2.28. The molecule has 1 fully saturated rings. The van der Waals surface area contributed by atoms with Gasteiger partial charge in [-0.1, -0.05) is 19.9 Å². The van der Waals surface area contributed by atoms with Gasteiger partial charge in [-0.25, -0.2) is 8.78 Å². The van der Waals surface area contributed by atoms with E-state index in [1.165, 1.54) is 0 Å².